The number of aromatic nitrogens is 1. The summed E-state index contributed by atoms with van der Waals surface area (Å²) in [6, 6.07) is 20.3. The van der Waals surface area contributed by atoms with E-state index in [0.717, 1.165) is 27.2 Å². The lowest BCUT2D eigenvalue weighted by Gasteiger charge is -2.11. The summed E-state index contributed by atoms with van der Waals surface area (Å²) in [7, 11) is 0. The number of benzene rings is 2. The van der Waals surface area contributed by atoms with Crippen LogP contribution in [0.3, 0.4) is 0 Å². The first kappa shape index (κ1) is 16.5. The van der Waals surface area contributed by atoms with Crippen LogP contribution in [0.4, 0.5) is 5.82 Å². The third-order valence-electron chi connectivity index (χ3n) is 3.65. The average molecular weight is 383 g/mol. The first-order valence-electron chi connectivity index (χ1n) is 7.82. The molecule has 2 aromatic carbocycles. The number of ether oxygens (including phenoxy) is 1. The maximum absolute atomic E-state index is 5.90. The number of anilines is 1. The van der Waals surface area contributed by atoms with Gasteiger partial charge in [0.05, 0.1) is 4.47 Å². The van der Waals surface area contributed by atoms with Gasteiger partial charge >= 0.3 is 0 Å². The van der Waals surface area contributed by atoms with Crippen molar-refractivity contribution < 1.29 is 4.74 Å². The lowest BCUT2D eigenvalue weighted by atomic mass is 10.2. The minimum Gasteiger partial charge on any atom is -0.488 e. The van der Waals surface area contributed by atoms with Gasteiger partial charge in [0, 0.05) is 12.7 Å². The summed E-state index contributed by atoms with van der Waals surface area (Å²) in [4.78, 5) is 4.26. The zero-order valence-electron chi connectivity index (χ0n) is 13.5. The quantitative estimate of drug-likeness (QED) is 0.624. The molecule has 0 unspecified atom stereocenters. The predicted octanol–water partition coefficient (Wildman–Crippen LogP) is 5.34. The highest BCUT2D eigenvalue weighted by atomic mass is 79.9. The first-order valence-corrected chi connectivity index (χ1v) is 8.62. The highest BCUT2D eigenvalue weighted by Crippen LogP contribution is 2.27. The summed E-state index contributed by atoms with van der Waals surface area (Å²) in [6.07, 6.45) is 1.78. The Balaban J connectivity index is 1.59. The van der Waals surface area contributed by atoms with Gasteiger partial charge in [-0.15, -0.1) is 0 Å². The summed E-state index contributed by atoms with van der Waals surface area (Å²) in [6.45, 7) is 3.36. The first-order chi connectivity index (χ1) is 11.7. The van der Waals surface area contributed by atoms with E-state index in [1.54, 1.807) is 6.20 Å². The fourth-order valence-electron chi connectivity index (χ4n) is 2.28. The van der Waals surface area contributed by atoms with Crippen molar-refractivity contribution in [1.29, 1.82) is 0 Å². The molecule has 1 heterocycles. The van der Waals surface area contributed by atoms with Gasteiger partial charge in [-0.05, 0) is 58.2 Å². The summed E-state index contributed by atoms with van der Waals surface area (Å²) >= 11 is 3.59. The average Bonchev–Trinajstić information content (AvgIpc) is 2.61. The molecule has 0 aliphatic rings. The zero-order chi connectivity index (χ0) is 16.8. The van der Waals surface area contributed by atoms with Crippen LogP contribution in [0.2, 0.25) is 0 Å². The number of halogens is 1. The molecule has 0 amide bonds. The number of pyridine rings is 1. The topological polar surface area (TPSA) is 34.1 Å². The van der Waals surface area contributed by atoms with Crippen LogP contribution in [-0.2, 0) is 13.2 Å². The summed E-state index contributed by atoms with van der Waals surface area (Å²) in [5.74, 6) is 1.71. The number of nitrogens with zero attached hydrogens (tertiary/aromatic N) is 1. The molecule has 0 bridgehead atoms. The van der Waals surface area contributed by atoms with Gasteiger partial charge < -0.3 is 10.1 Å². The summed E-state index contributed by atoms with van der Waals surface area (Å²) in [5.41, 5.74) is 3.58. The van der Waals surface area contributed by atoms with Crippen LogP contribution >= 0.6 is 15.9 Å². The third-order valence-corrected chi connectivity index (χ3v) is 4.27. The molecule has 3 aromatic rings. The van der Waals surface area contributed by atoms with E-state index < -0.39 is 0 Å². The van der Waals surface area contributed by atoms with Crippen molar-refractivity contribution in [3.63, 3.8) is 0 Å². The van der Waals surface area contributed by atoms with Gasteiger partial charge in [0.2, 0.25) is 0 Å². The summed E-state index contributed by atoms with van der Waals surface area (Å²) in [5, 5.41) is 3.30. The Bertz CT molecular complexity index is 788. The van der Waals surface area contributed by atoms with E-state index in [0.29, 0.717) is 13.2 Å². The van der Waals surface area contributed by atoms with Crippen molar-refractivity contribution in [3.05, 3.63) is 88.0 Å². The highest BCUT2D eigenvalue weighted by Gasteiger charge is 2.04. The monoisotopic (exact) mass is 382 g/mol. The Hall–Kier alpha value is -2.33. The number of hydrogen-bond donors (Lipinski definition) is 1. The third kappa shape index (κ3) is 4.59. The molecule has 0 radical (unpaired) electrons. The van der Waals surface area contributed by atoms with Gasteiger partial charge in [-0.1, -0.05) is 42.0 Å². The maximum atomic E-state index is 5.90. The van der Waals surface area contributed by atoms with E-state index in [-0.39, 0.29) is 0 Å². The molecule has 0 fully saturated rings. The Morgan fingerprint density at radius 2 is 1.79 bits per heavy atom. The molecule has 0 aliphatic carbocycles. The minimum absolute atomic E-state index is 0.560. The second-order valence-corrected chi connectivity index (χ2v) is 6.46. The van der Waals surface area contributed by atoms with Crippen LogP contribution in [0, 0.1) is 6.92 Å². The lowest BCUT2D eigenvalue weighted by Crippen LogP contribution is -2.01. The molecule has 0 saturated heterocycles. The molecule has 0 atom stereocenters. The zero-order valence-corrected chi connectivity index (χ0v) is 15.1. The van der Waals surface area contributed by atoms with Crippen LogP contribution in [0.5, 0.6) is 5.75 Å². The molecular weight excluding hydrogens is 364 g/mol. The van der Waals surface area contributed by atoms with E-state index >= 15 is 0 Å². The molecule has 0 saturated carbocycles. The predicted molar refractivity (Wildman–Crippen MR) is 101 cm³/mol. The maximum Gasteiger partial charge on any atom is 0.134 e. The number of nitrogens with one attached hydrogen (secondary N) is 1. The second kappa shape index (κ2) is 7.97. The Labute approximate surface area is 150 Å². The highest BCUT2D eigenvalue weighted by molar-refractivity contribution is 9.10. The molecule has 0 spiro atoms. The number of rotatable bonds is 6. The van der Waals surface area contributed by atoms with Crippen LogP contribution in [0.1, 0.15) is 16.7 Å². The minimum atomic E-state index is 0.560. The summed E-state index contributed by atoms with van der Waals surface area (Å²) < 4.78 is 6.85. The van der Waals surface area contributed by atoms with Crippen molar-refractivity contribution in [1.82, 2.24) is 4.98 Å². The van der Waals surface area contributed by atoms with E-state index in [2.05, 4.69) is 69.6 Å². The van der Waals surface area contributed by atoms with E-state index in [1.165, 1.54) is 5.56 Å². The largest absolute Gasteiger partial charge is 0.488 e. The van der Waals surface area contributed by atoms with Gasteiger partial charge in [0.15, 0.2) is 0 Å². The normalized spacial score (nSPS) is 10.4. The van der Waals surface area contributed by atoms with Crippen molar-refractivity contribution in [2.45, 2.75) is 20.1 Å². The number of aryl methyl sites for hydroxylation is 1. The molecule has 1 N–H and O–H groups in total. The molecule has 4 heteroatoms. The van der Waals surface area contributed by atoms with E-state index in [9.17, 15) is 0 Å². The fraction of sp³-hybridized carbons (Fsp3) is 0.150. The molecule has 0 aliphatic heterocycles. The smallest absolute Gasteiger partial charge is 0.134 e. The lowest BCUT2D eigenvalue weighted by molar-refractivity contribution is 0.304. The van der Waals surface area contributed by atoms with Crippen molar-refractivity contribution in [3.8, 4) is 5.75 Å². The molecule has 3 rings (SSSR count). The Morgan fingerprint density at radius 3 is 2.50 bits per heavy atom. The van der Waals surface area contributed by atoms with Gasteiger partial charge in [0.25, 0.3) is 0 Å². The second-order valence-electron chi connectivity index (χ2n) is 5.61. The molecule has 1 aromatic heterocycles. The standard InChI is InChI=1S/C20H19BrN2O/c1-15-5-7-16(8-6-15)14-24-19-10-9-17(12-18(19)21)13-23-20-4-2-3-11-22-20/h2-12H,13-14H2,1H3,(H,22,23). The van der Waals surface area contributed by atoms with Gasteiger partial charge in [-0.3, -0.25) is 0 Å². The van der Waals surface area contributed by atoms with Crippen molar-refractivity contribution >= 4 is 21.7 Å². The molecular formula is C20H19BrN2O. The molecule has 122 valence electrons. The van der Waals surface area contributed by atoms with Crippen LogP contribution in [0.15, 0.2) is 71.3 Å². The molecule has 24 heavy (non-hydrogen) atoms. The SMILES string of the molecule is Cc1ccc(COc2ccc(CNc3ccccn3)cc2Br)cc1. The number of hydrogen-bond acceptors (Lipinski definition) is 3. The van der Waals surface area contributed by atoms with Crippen LogP contribution in [0.25, 0.3) is 0 Å². The fourth-order valence-corrected chi connectivity index (χ4v) is 2.82. The van der Waals surface area contributed by atoms with Crippen molar-refractivity contribution in [2.24, 2.45) is 0 Å². The van der Waals surface area contributed by atoms with Crippen LogP contribution in [-0.4, -0.2) is 4.98 Å². The van der Waals surface area contributed by atoms with Crippen molar-refractivity contribution in [2.75, 3.05) is 5.32 Å². The van der Waals surface area contributed by atoms with Gasteiger partial charge in [-0.25, -0.2) is 4.98 Å². The van der Waals surface area contributed by atoms with Crippen LogP contribution < -0.4 is 10.1 Å². The van der Waals surface area contributed by atoms with Gasteiger partial charge in [0.1, 0.15) is 18.2 Å². The molecule has 3 nitrogen and oxygen atoms in total. The van der Waals surface area contributed by atoms with Gasteiger partial charge in [-0.2, -0.15) is 0 Å². The Kier molecular flexibility index (Phi) is 5.49. The van der Waals surface area contributed by atoms with E-state index in [1.807, 2.05) is 24.3 Å². The Morgan fingerprint density at radius 1 is 1.00 bits per heavy atom. The van der Waals surface area contributed by atoms with E-state index in [4.69, 9.17) is 4.74 Å².